The van der Waals surface area contributed by atoms with Crippen molar-refractivity contribution in [1.29, 1.82) is 0 Å². The standard InChI is InChI=1S/C14H18ClN3O2/c1-2-18(7-8-19)10-14-16-13(17-20-14)9-11-5-3-4-6-12(11)15/h3-6,19H,2,7-10H2,1H3. The van der Waals surface area contributed by atoms with E-state index < -0.39 is 0 Å². The lowest BCUT2D eigenvalue weighted by atomic mass is 10.1. The Morgan fingerprint density at radius 3 is 2.85 bits per heavy atom. The Kier molecular flexibility index (Phi) is 5.52. The second-order valence-corrected chi connectivity index (χ2v) is 4.87. The average Bonchev–Trinajstić information content (AvgIpc) is 2.88. The zero-order valence-corrected chi connectivity index (χ0v) is 12.2. The molecule has 0 spiro atoms. The molecule has 1 aromatic heterocycles. The van der Waals surface area contributed by atoms with Gasteiger partial charge in [0, 0.05) is 18.0 Å². The summed E-state index contributed by atoms with van der Waals surface area (Å²) in [6.07, 6.45) is 0.551. The first-order chi connectivity index (χ1) is 9.72. The predicted molar refractivity (Wildman–Crippen MR) is 76.6 cm³/mol. The van der Waals surface area contributed by atoms with Crippen LogP contribution in [-0.2, 0) is 13.0 Å². The van der Waals surface area contributed by atoms with Crippen LogP contribution in [0.5, 0.6) is 0 Å². The molecule has 108 valence electrons. The molecule has 0 unspecified atom stereocenters. The van der Waals surface area contributed by atoms with Gasteiger partial charge in [0.2, 0.25) is 5.89 Å². The summed E-state index contributed by atoms with van der Waals surface area (Å²) in [6.45, 7) is 4.11. The predicted octanol–water partition coefficient (Wildman–Crippen LogP) is 2.13. The summed E-state index contributed by atoms with van der Waals surface area (Å²) < 4.78 is 5.23. The molecule has 6 heteroatoms. The van der Waals surface area contributed by atoms with Crippen molar-refractivity contribution in [1.82, 2.24) is 15.0 Å². The average molecular weight is 296 g/mol. The highest BCUT2D eigenvalue weighted by Gasteiger charge is 2.11. The van der Waals surface area contributed by atoms with Gasteiger partial charge in [-0.3, -0.25) is 4.90 Å². The molecule has 0 amide bonds. The minimum Gasteiger partial charge on any atom is -0.395 e. The zero-order chi connectivity index (χ0) is 14.4. The van der Waals surface area contributed by atoms with E-state index >= 15 is 0 Å². The molecule has 0 fully saturated rings. The van der Waals surface area contributed by atoms with Crippen LogP contribution in [0.1, 0.15) is 24.2 Å². The largest absolute Gasteiger partial charge is 0.395 e. The third-order valence-electron chi connectivity index (χ3n) is 3.04. The van der Waals surface area contributed by atoms with Gasteiger partial charge >= 0.3 is 0 Å². The molecule has 1 heterocycles. The maximum atomic E-state index is 8.95. The van der Waals surface area contributed by atoms with Crippen LogP contribution < -0.4 is 0 Å². The van der Waals surface area contributed by atoms with Gasteiger partial charge in [-0.15, -0.1) is 0 Å². The Balaban J connectivity index is 2.00. The summed E-state index contributed by atoms with van der Waals surface area (Å²) in [5.74, 6) is 1.18. The van der Waals surface area contributed by atoms with Crippen LogP contribution in [0.4, 0.5) is 0 Å². The fraction of sp³-hybridized carbons (Fsp3) is 0.429. The smallest absolute Gasteiger partial charge is 0.240 e. The van der Waals surface area contributed by atoms with Crippen LogP contribution in [0.15, 0.2) is 28.8 Å². The third kappa shape index (κ3) is 4.03. The maximum Gasteiger partial charge on any atom is 0.240 e. The monoisotopic (exact) mass is 295 g/mol. The van der Waals surface area contributed by atoms with Gasteiger partial charge < -0.3 is 9.63 Å². The van der Waals surface area contributed by atoms with E-state index in [1.807, 2.05) is 36.1 Å². The van der Waals surface area contributed by atoms with Gasteiger partial charge in [0.1, 0.15) is 0 Å². The van der Waals surface area contributed by atoms with Crippen LogP contribution in [0.25, 0.3) is 0 Å². The number of hydrogen-bond acceptors (Lipinski definition) is 5. The number of hydrogen-bond donors (Lipinski definition) is 1. The molecule has 2 rings (SSSR count). The normalized spacial score (nSPS) is 11.2. The van der Waals surface area contributed by atoms with Crippen LogP contribution in [0.3, 0.4) is 0 Å². The van der Waals surface area contributed by atoms with E-state index in [2.05, 4.69) is 10.1 Å². The SMILES string of the molecule is CCN(CCO)Cc1nc(Cc2ccccc2Cl)no1. The van der Waals surface area contributed by atoms with Crippen molar-refractivity contribution in [2.24, 2.45) is 0 Å². The van der Waals surface area contributed by atoms with Crippen molar-refractivity contribution in [3.05, 3.63) is 46.6 Å². The van der Waals surface area contributed by atoms with Crippen molar-refractivity contribution in [2.75, 3.05) is 19.7 Å². The molecule has 2 aromatic rings. The highest BCUT2D eigenvalue weighted by Crippen LogP contribution is 2.17. The number of benzene rings is 1. The first-order valence-corrected chi connectivity index (χ1v) is 6.98. The minimum absolute atomic E-state index is 0.120. The summed E-state index contributed by atoms with van der Waals surface area (Å²) in [6, 6.07) is 7.62. The summed E-state index contributed by atoms with van der Waals surface area (Å²) in [7, 11) is 0. The van der Waals surface area contributed by atoms with E-state index in [-0.39, 0.29) is 6.61 Å². The Morgan fingerprint density at radius 2 is 2.15 bits per heavy atom. The molecule has 20 heavy (non-hydrogen) atoms. The van der Waals surface area contributed by atoms with Crippen molar-refractivity contribution in [2.45, 2.75) is 19.9 Å². The molecule has 0 radical (unpaired) electrons. The summed E-state index contributed by atoms with van der Waals surface area (Å²) in [5.41, 5.74) is 0.976. The molecule has 0 aliphatic heterocycles. The molecule has 0 atom stereocenters. The van der Waals surface area contributed by atoms with Crippen LogP contribution in [-0.4, -0.2) is 39.8 Å². The van der Waals surface area contributed by atoms with Gasteiger partial charge in [-0.25, -0.2) is 0 Å². The van der Waals surface area contributed by atoms with E-state index in [1.165, 1.54) is 0 Å². The summed E-state index contributed by atoms with van der Waals surface area (Å²) in [5, 5.41) is 13.6. The van der Waals surface area contributed by atoms with Crippen molar-refractivity contribution >= 4 is 11.6 Å². The van der Waals surface area contributed by atoms with Gasteiger partial charge in [0.15, 0.2) is 5.82 Å². The van der Waals surface area contributed by atoms with Gasteiger partial charge in [0.25, 0.3) is 0 Å². The molecule has 0 aliphatic rings. The van der Waals surface area contributed by atoms with E-state index in [0.717, 1.165) is 12.1 Å². The highest BCUT2D eigenvalue weighted by atomic mass is 35.5. The topological polar surface area (TPSA) is 62.4 Å². The fourth-order valence-corrected chi connectivity index (χ4v) is 2.12. The summed E-state index contributed by atoms with van der Waals surface area (Å²) >= 11 is 6.11. The van der Waals surface area contributed by atoms with E-state index in [9.17, 15) is 0 Å². The molecule has 1 N–H and O–H groups in total. The van der Waals surface area contributed by atoms with Crippen LogP contribution >= 0.6 is 11.6 Å². The Morgan fingerprint density at radius 1 is 1.35 bits per heavy atom. The number of likely N-dealkylation sites (N-methyl/N-ethyl adjacent to an activating group) is 1. The van der Waals surface area contributed by atoms with Crippen molar-refractivity contribution in [3.8, 4) is 0 Å². The highest BCUT2D eigenvalue weighted by molar-refractivity contribution is 6.31. The lowest BCUT2D eigenvalue weighted by Gasteiger charge is -2.15. The van der Waals surface area contributed by atoms with E-state index in [1.54, 1.807) is 0 Å². The second-order valence-electron chi connectivity index (χ2n) is 4.46. The summed E-state index contributed by atoms with van der Waals surface area (Å²) in [4.78, 5) is 6.39. The molecule has 0 saturated carbocycles. The lowest BCUT2D eigenvalue weighted by molar-refractivity contribution is 0.180. The first-order valence-electron chi connectivity index (χ1n) is 6.61. The zero-order valence-electron chi connectivity index (χ0n) is 11.4. The maximum absolute atomic E-state index is 8.95. The third-order valence-corrected chi connectivity index (χ3v) is 3.41. The number of aliphatic hydroxyl groups excluding tert-OH is 1. The Labute approximate surface area is 123 Å². The lowest BCUT2D eigenvalue weighted by Crippen LogP contribution is -2.26. The molecule has 0 aliphatic carbocycles. The molecule has 0 saturated heterocycles. The van der Waals surface area contributed by atoms with E-state index in [0.29, 0.717) is 36.2 Å². The van der Waals surface area contributed by atoms with Gasteiger partial charge in [0.05, 0.1) is 13.2 Å². The second kappa shape index (κ2) is 7.38. The molecular formula is C14H18ClN3O2. The van der Waals surface area contributed by atoms with Crippen molar-refractivity contribution < 1.29 is 9.63 Å². The van der Waals surface area contributed by atoms with E-state index in [4.69, 9.17) is 21.2 Å². The number of nitrogens with zero attached hydrogens (tertiary/aromatic N) is 3. The molecule has 5 nitrogen and oxygen atoms in total. The number of aliphatic hydroxyl groups is 1. The number of rotatable bonds is 7. The van der Waals surface area contributed by atoms with Gasteiger partial charge in [-0.2, -0.15) is 4.98 Å². The molecule has 1 aromatic carbocycles. The number of halogens is 1. The van der Waals surface area contributed by atoms with Crippen LogP contribution in [0, 0.1) is 0 Å². The van der Waals surface area contributed by atoms with Crippen LogP contribution in [0.2, 0.25) is 5.02 Å². The van der Waals surface area contributed by atoms with Crippen molar-refractivity contribution in [3.63, 3.8) is 0 Å². The van der Waals surface area contributed by atoms with Gasteiger partial charge in [-0.05, 0) is 18.2 Å². The Bertz CT molecular complexity index is 545. The quantitative estimate of drug-likeness (QED) is 0.848. The Hall–Kier alpha value is -1.43. The molecule has 0 bridgehead atoms. The van der Waals surface area contributed by atoms with Gasteiger partial charge in [-0.1, -0.05) is 41.9 Å². The first kappa shape index (κ1) is 15.0. The minimum atomic E-state index is 0.120. The fourth-order valence-electron chi connectivity index (χ4n) is 1.92. The number of aromatic nitrogens is 2. The molecular weight excluding hydrogens is 278 g/mol.